The Hall–Kier alpha value is -8.20. The van der Waals surface area contributed by atoms with E-state index in [9.17, 15) is 0 Å². The highest BCUT2D eigenvalue weighted by atomic mass is 16.3. The second kappa shape index (κ2) is 16.8. The minimum absolute atomic E-state index is 0.864. The lowest BCUT2D eigenvalue weighted by Crippen LogP contribution is -2.14. The lowest BCUT2D eigenvalue weighted by molar-refractivity contribution is 0.672. The van der Waals surface area contributed by atoms with Crippen LogP contribution in [0.25, 0.3) is 88.2 Å². The fourth-order valence-corrected chi connectivity index (χ4v) is 8.53. The van der Waals surface area contributed by atoms with Crippen LogP contribution in [-0.4, -0.2) is 0 Å². The van der Waals surface area contributed by atoms with E-state index in [0.29, 0.717) is 0 Å². The maximum atomic E-state index is 6.48. The van der Waals surface area contributed by atoms with E-state index in [1.54, 1.807) is 0 Å². The summed E-state index contributed by atoms with van der Waals surface area (Å²) >= 11 is 0. The summed E-state index contributed by atoms with van der Waals surface area (Å²) in [6.07, 6.45) is 16.4. The summed E-state index contributed by atoms with van der Waals surface area (Å²) in [7, 11) is 0. The Morgan fingerprint density at radius 2 is 1.21 bits per heavy atom. The van der Waals surface area contributed by atoms with Crippen LogP contribution >= 0.6 is 0 Å². The highest BCUT2D eigenvalue weighted by Gasteiger charge is 2.14. The van der Waals surface area contributed by atoms with E-state index in [4.69, 9.17) is 4.42 Å². The van der Waals surface area contributed by atoms with E-state index in [2.05, 4.69) is 237 Å². The van der Waals surface area contributed by atoms with Gasteiger partial charge in [0.15, 0.2) is 0 Å². The van der Waals surface area contributed by atoms with Crippen LogP contribution in [0.5, 0.6) is 0 Å². The van der Waals surface area contributed by atoms with Crippen molar-refractivity contribution >= 4 is 71.6 Å². The van der Waals surface area contributed by atoms with E-state index in [1.807, 2.05) is 18.2 Å². The quantitative estimate of drug-likeness (QED) is 0.121. The standard InChI is InChI=1S/C60H43NO/c1-3-5-25-52(37-42-30-35-59-58(38-42)57-34-33-46-18-9-11-28-56(46)60(57)62-59)61(53-26-13-23-51(41-53)55-29-14-20-45-17-8-10-27-54(45)55)36-15-24-43(4-2)47-21-12-22-49(39-47)50-32-31-44-16-6-7-19-48(44)40-50/h3-41H,1-2H2/b25-5-,36-15+,43-24+,52-37-. The number of benzene rings is 9. The average Bonchev–Trinajstić information content (AvgIpc) is 3.71. The summed E-state index contributed by atoms with van der Waals surface area (Å²) in [5.74, 6) is 0. The van der Waals surface area contributed by atoms with E-state index < -0.39 is 0 Å². The van der Waals surface area contributed by atoms with Gasteiger partial charge in [0.2, 0.25) is 0 Å². The molecule has 294 valence electrons. The van der Waals surface area contributed by atoms with Gasteiger partial charge in [0.1, 0.15) is 11.2 Å². The molecule has 0 N–H and O–H groups in total. The highest BCUT2D eigenvalue weighted by molar-refractivity contribution is 6.15. The molecule has 0 amide bonds. The molecular weight excluding hydrogens is 751 g/mol. The fourth-order valence-electron chi connectivity index (χ4n) is 8.53. The fraction of sp³-hybridized carbons (Fsp3) is 0. The van der Waals surface area contributed by atoms with E-state index in [-0.39, 0.29) is 0 Å². The van der Waals surface area contributed by atoms with Crippen molar-refractivity contribution in [2.75, 3.05) is 4.90 Å². The van der Waals surface area contributed by atoms with Gasteiger partial charge in [0.05, 0.1) is 0 Å². The SMILES string of the molecule is C=C/C=C\C(=C\c1ccc2oc3c4ccccc4ccc3c2c1)N(/C=C/C=C(\C=C)c1cccc(-c2ccc3ccccc3c2)c1)c1cccc(-c2cccc3ccccc23)c1. The maximum Gasteiger partial charge on any atom is 0.143 e. The van der Waals surface area contributed by atoms with Crippen LogP contribution in [0.3, 0.4) is 0 Å². The molecule has 62 heavy (non-hydrogen) atoms. The number of anilines is 1. The number of fused-ring (bicyclic) bond motifs is 7. The molecule has 0 bridgehead atoms. The molecule has 0 saturated carbocycles. The van der Waals surface area contributed by atoms with Gasteiger partial charge in [0, 0.05) is 33.7 Å². The molecule has 1 heterocycles. The minimum atomic E-state index is 0.864. The molecule has 0 aliphatic heterocycles. The molecule has 9 aromatic carbocycles. The molecule has 2 heteroatoms. The van der Waals surface area contributed by atoms with Gasteiger partial charge >= 0.3 is 0 Å². The van der Waals surface area contributed by atoms with Gasteiger partial charge in [-0.3, -0.25) is 0 Å². The number of rotatable bonds is 11. The zero-order chi connectivity index (χ0) is 41.8. The average molecular weight is 794 g/mol. The van der Waals surface area contributed by atoms with Crippen molar-refractivity contribution in [3.63, 3.8) is 0 Å². The molecule has 1 aromatic heterocycles. The van der Waals surface area contributed by atoms with Crippen LogP contribution < -0.4 is 4.90 Å². The van der Waals surface area contributed by atoms with E-state index in [0.717, 1.165) is 71.9 Å². The Bertz CT molecular complexity index is 3460. The Kier molecular flexibility index (Phi) is 10.3. The minimum Gasteiger partial charge on any atom is -0.455 e. The topological polar surface area (TPSA) is 16.4 Å². The van der Waals surface area contributed by atoms with Crippen LogP contribution in [-0.2, 0) is 0 Å². The first-order valence-corrected chi connectivity index (χ1v) is 21.0. The highest BCUT2D eigenvalue weighted by Crippen LogP contribution is 2.37. The number of hydrogen-bond acceptors (Lipinski definition) is 2. The van der Waals surface area contributed by atoms with Gasteiger partial charge in [0.25, 0.3) is 0 Å². The summed E-state index contributed by atoms with van der Waals surface area (Å²) in [4.78, 5) is 2.24. The van der Waals surface area contributed by atoms with E-state index in [1.165, 1.54) is 32.7 Å². The van der Waals surface area contributed by atoms with Crippen molar-refractivity contribution in [1.82, 2.24) is 0 Å². The van der Waals surface area contributed by atoms with Gasteiger partial charge in [-0.1, -0.05) is 183 Å². The smallest absolute Gasteiger partial charge is 0.143 e. The summed E-state index contributed by atoms with van der Waals surface area (Å²) in [5, 5.41) is 9.34. The Morgan fingerprint density at radius 1 is 0.500 bits per heavy atom. The Balaban J connectivity index is 1.08. The van der Waals surface area contributed by atoms with Crippen molar-refractivity contribution in [2.45, 2.75) is 0 Å². The Morgan fingerprint density at radius 3 is 2.06 bits per heavy atom. The molecule has 0 spiro atoms. The molecule has 0 aliphatic carbocycles. The molecule has 0 aliphatic rings. The summed E-state index contributed by atoms with van der Waals surface area (Å²) in [6, 6.07) is 66.8. The molecule has 0 radical (unpaired) electrons. The van der Waals surface area contributed by atoms with Crippen LogP contribution in [0.1, 0.15) is 11.1 Å². The van der Waals surface area contributed by atoms with Gasteiger partial charge in [-0.2, -0.15) is 0 Å². The van der Waals surface area contributed by atoms with Crippen molar-refractivity contribution in [1.29, 1.82) is 0 Å². The third-order valence-corrected chi connectivity index (χ3v) is 11.6. The molecule has 10 rings (SSSR count). The number of furan rings is 1. The third-order valence-electron chi connectivity index (χ3n) is 11.6. The summed E-state index contributed by atoms with van der Waals surface area (Å²) in [5.41, 5.74) is 11.6. The molecular formula is C60H43NO. The van der Waals surface area contributed by atoms with Gasteiger partial charge in [-0.25, -0.2) is 0 Å². The normalized spacial score (nSPS) is 12.4. The summed E-state index contributed by atoms with van der Waals surface area (Å²) < 4.78 is 6.48. The predicted molar refractivity (Wildman–Crippen MR) is 267 cm³/mol. The molecule has 2 nitrogen and oxygen atoms in total. The van der Waals surface area contributed by atoms with Gasteiger partial charge in [-0.15, -0.1) is 0 Å². The van der Waals surface area contributed by atoms with Crippen LogP contribution in [0.2, 0.25) is 0 Å². The molecule has 0 saturated heterocycles. The first-order valence-electron chi connectivity index (χ1n) is 21.0. The largest absolute Gasteiger partial charge is 0.455 e. The first-order chi connectivity index (χ1) is 30.6. The second-order valence-electron chi connectivity index (χ2n) is 15.4. The molecule has 0 fully saturated rings. The first kappa shape index (κ1) is 38.0. The van der Waals surface area contributed by atoms with Crippen molar-refractivity contribution in [3.05, 3.63) is 261 Å². The zero-order valence-electron chi connectivity index (χ0n) is 34.3. The lowest BCUT2D eigenvalue weighted by Gasteiger charge is -2.23. The van der Waals surface area contributed by atoms with Gasteiger partial charge < -0.3 is 9.32 Å². The van der Waals surface area contributed by atoms with Crippen LogP contribution in [0.4, 0.5) is 5.69 Å². The molecule has 0 unspecified atom stereocenters. The van der Waals surface area contributed by atoms with E-state index >= 15 is 0 Å². The monoisotopic (exact) mass is 793 g/mol. The molecule has 0 atom stereocenters. The molecule has 10 aromatic rings. The Labute approximate surface area is 362 Å². The van der Waals surface area contributed by atoms with Crippen LogP contribution in [0, 0.1) is 0 Å². The third kappa shape index (κ3) is 7.47. The second-order valence-corrected chi connectivity index (χ2v) is 15.4. The van der Waals surface area contributed by atoms with Crippen LogP contribution in [0.15, 0.2) is 254 Å². The van der Waals surface area contributed by atoms with Gasteiger partial charge in [-0.05, 0) is 127 Å². The zero-order valence-corrected chi connectivity index (χ0v) is 34.3. The van der Waals surface area contributed by atoms with Crippen molar-refractivity contribution < 1.29 is 4.42 Å². The van der Waals surface area contributed by atoms with Crippen molar-refractivity contribution in [3.8, 4) is 22.3 Å². The number of allylic oxidation sites excluding steroid dienone is 7. The summed E-state index contributed by atoms with van der Waals surface area (Å²) in [6.45, 7) is 8.28. The van der Waals surface area contributed by atoms with Crippen molar-refractivity contribution in [2.24, 2.45) is 0 Å². The lowest BCUT2D eigenvalue weighted by atomic mass is 9.97. The maximum absolute atomic E-state index is 6.48. The number of nitrogens with zero attached hydrogens (tertiary/aromatic N) is 1. The predicted octanol–water partition coefficient (Wildman–Crippen LogP) is 16.8. The number of hydrogen-bond donors (Lipinski definition) is 0.